The third-order valence-corrected chi connectivity index (χ3v) is 8.06. The topological polar surface area (TPSA) is 35.1 Å². The van der Waals surface area contributed by atoms with E-state index >= 15 is 0 Å². The predicted octanol–water partition coefficient (Wildman–Crippen LogP) is 7.70. The number of aromatic nitrogens is 4. The van der Waals surface area contributed by atoms with Crippen LogP contribution in [-0.2, 0) is 6.42 Å². The Kier molecular flexibility index (Phi) is 3.55. The first-order valence-electron chi connectivity index (χ1n) is 12.6. The van der Waals surface area contributed by atoms with Crippen molar-refractivity contribution >= 4 is 49.1 Å². The lowest BCUT2D eigenvalue weighted by atomic mass is 9.97. The highest BCUT2D eigenvalue weighted by molar-refractivity contribution is 6.18. The summed E-state index contributed by atoms with van der Waals surface area (Å²) < 4.78 is 4.62. The van der Waals surface area contributed by atoms with Crippen molar-refractivity contribution in [2.75, 3.05) is 0 Å². The van der Waals surface area contributed by atoms with Gasteiger partial charge in [-0.1, -0.05) is 48.5 Å². The van der Waals surface area contributed by atoms with Gasteiger partial charge in [-0.25, -0.2) is 4.98 Å². The average molecular weight is 473 g/mol. The number of para-hydroxylation sites is 2. The molecule has 0 atom stereocenters. The SMILES string of the molecule is c1ccc(-n2c3ccccc3c3ccc4c(c32)-c2cc3c5cnccc5n5ccnc5c3cc2C4)cc1. The fourth-order valence-corrected chi connectivity index (χ4v) is 6.53. The molecule has 37 heavy (non-hydrogen) atoms. The third kappa shape index (κ3) is 2.42. The third-order valence-electron chi connectivity index (χ3n) is 8.06. The van der Waals surface area contributed by atoms with Gasteiger partial charge in [0.05, 0.1) is 16.6 Å². The molecule has 1 aliphatic rings. The Morgan fingerprint density at radius 1 is 0.649 bits per heavy atom. The summed E-state index contributed by atoms with van der Waals surface area (Å²) in [6.07, 6.45) is 8.70. The van der Waals surface area contributed by atoms with Crippen LogP contribution in [0.4, 0.5) is 0 Å². The van der Waals surface area contributed by atoms with E-state index in [9.17, 15) is 0 Å². The first-order chi connectivity index (χ1) is 18.4. The molecule has 0 saturated heterocycles. The largest absolute Gasteiger partial charge is 0.309 e. The molecule has 4 aromatic carbocycles. The molecule has 4 heterocycles. The average Bonchev–Trinajstić information content (AvgIpc) is 3.66. The maximum absolute atomic E-state index is 4.74. The van der Waals surface area contributed by atoms with Crippen LogP contribution >= 0.6 is 0 Å². The highest BCUT2D eigenvalue weighted by Crippen LogP contribution is 2.47. The zero-order chi connectivity index (χ0) is 24.1. The summed E-state index contributed by atoms with van der Waals surface area (Å²) >= 11 is 0. The second kappa shape index (κ2) is 6.83. The Labute approximate surface area is 212 Å². The van der Waals surface area contributed by atoms with Gasteiger partial charge in [-0.2, -0.15) is 0 Å². The van der Waals surface area contributed by atoms with Gasteiger partial charge in [-0.05, 0) is 64.9 Å². The minimum absolute atomic E-state index is 0.921. The first-order valence-corrected chi connectivity index (χ1v) is 12.6. The molecule has 0 radical (unpaired) electrons. The van der Waals surface area contributed by atoms with Crippen LogP contribution in [0.15, 0.2) is 110 Å². The number of imidazole rings is 1. The standard InChI is InChI=1S/C33H20N4/c1-2-6-22(7-3-1)37-30-9-5-4-8-23(30)24-11-10-20-16-21-17-27-26(18-25(21)31(20)32(24)37)28-19-34-13-12-29(28)36-15-14-35-33(27)36/h1-15,17-19H,16H2. The van der Waals surface area contributed by atoms with Crippen LogP contribution in [0, 0.1) is 0 Å². The van der Waals surface area contributed by atoms with E-state index in [4.69, 9.17) is 4.98 Å². The highest BCUT2D eigenvalue weighted by atomic mass is 15.0. The smallest absolute Gasteiger partial charge is 0.145 e. The summed E-state index contributed by atoms with van der Waals surface area (Å²) in [6.45, 7) is 0. The van der Waals surface area contributed by atoms with Crippen molar-refractivity contribution in [2.45, 2.75) is 6.42 Å². The molecule has 0 bridgehead atoms. The van der Waals surface area contributed by atoms with Crippen molar-refractivity contribution in [1.82, 2.24) is 18.9 Å². The quantitative estimate of drug-likeness (QED) is 0.229. The summed E-state index contributed by atoms with van der Waals surface area (Å²) in [5.74, 6) is 0. The van der Waals surface area contributed by atoms with E-state index < -0.39 is 0 Å². The fraction of sp³-hybridized carbons (Fsp3) is 0.0303. The molecular formula is C33H20N4. The van der Waals surface area contributed by atoms with Gasteiger partial charge in [0.15, 0.2) is 0 Å². The van der Waals surface area contributed by atoms with Crippen LogP contribution in [0.3, 0.4) is 0 Å². The molecule has 0 N–H and O–H groups in total. The molecule has 8 aromatic rings. The predicted molar refractivity (Wildman–Crippen MR) is 151 cm³/mol. The fourth-order valence-electron chi connectivity index (χ4n) is 6.53. The van der Waals surface area contributed by atoms with Gasteiger partial charge >= 0.3 is 0 Å². The van der Waals surface area contributed by atoms with Crippen molar-refractivity contribution in [1.29, 1.82) is 0 Å². The van der Waals surface area contributed by atoms with Gasteiger partial charge in [0.25, 0.3) is 0 Å². The number of fused-ring (bicyclic) bond motifs is 13. The lowest BCUT2D eigenvalue weighted by Crippen LogP contribution is -1.95. The Balaban J connectivity index is 1.47. The van der Waals surface area contributed by atoms with E-state index in [2.05, 4.69) is 98.9 Å². The monoisotopic (exact) mass is 472 g/mol. The van der Waals surface area contributed by atoms with Gasteiger partial charge in [0, 0.05) is 57.6 Å². The molecule has 1 aliphatic carbocycles. The minimum atomic E-state index is 0.921. The summed E-state index contributed by atoms with van der Waals surface area (Å²) in [5.41, 5.74) is 11.2. The minimum Gasteiger partial charge on any atom is -0.309 e. The molecule has 0 saturated carbocycles. The van der Waals surface area contributed by atoms with Crippen molar-refractivity contribution in [3.05, 3.63) is 121 Å². The Hall–Kier alpha value is -4.96. The molecule has 4 heteroatoms. The summed E-state index contributed by atoms with van der Waals surface area (Å²) in [4.78, 5) is 9.23. The lowest BCUT2D eigenvalue weighted by Gasteiger charge is -2.13. The summed E-state index contributed by atoms with van der Waals surface area (Å²) in [6, 6.07) is 31.0. The van der Waals surface area contributed by atoms with Crippen molar-refractivity contribution in [3.63, 3.8) is 0 Å². The van der Waals surface area contributed by atoms with E-state index in [1.54, 1.807) is 0 Å². The van der Waals surface area contributed by atoms with E-state index in [1.807, 2.05) is 24.8 Å². The number of rotatable bonds is 1. The van der Waals surface area contributed by atoms with Gasteiger partial charge in [0.1, 0.15) is 5.65 Å². The number of nitrogens with zero attached hydrogens (tertiary/aromatic N) is 4. The van der Waals surface area contributed by atoms with Gasteiger partial charge < -0.3 is 4.57 Å². The molecular weight excluding hydrogens is 452 g/mol. The molecule has 0 fully saturated rings. The van der Waals surface area contributed by atoms with Crippen LogP contribution in [0.2, 0.25) is 0 Å². The van der Waals surface area contributed by atoms with Crippen LogP contribution in [0.1, 0.15) is 11.1 Å². The molecule has 0 spiro atoms. The second-order valence-corrected chi connectivity index (χ2v) is 9.93. The van der Waals surface area contributed by atoms with E-state index in [1.165, 1.54) is 60.5 Å². The van der Waals surface area contributed by atoms with Crippen LogP contribution in [0.25, 0.3) is 65.9 Å². The molecule has 172 valence electrons. The Morgan fingerprint density at radius 3 is 2.49 bits per heavy atom. The van der Waals surface area contributed by atoms with E-state index in [0.717, 1.165) is 23.0 Å². The number of hydrogen-bond acceptors (Lipinski definition) is 2. The lowest BCUT2D eigenvalue weighted by molar-refractivity contribution is 1.18. The van der Waals surface area contributed by atoms with Crippen molar-refractivity contribution < 1.29 is 0 Å². The van der Waals surface area contributed by atoms with Crippen molar-refractivity contribution in [2.24, 2.45) is 0 Å². The van der Waals surface area contributed by atoms with Crippen LogP contribution in [-0.4, -0.2) is 18.9 Å². The normalized spacial score (nSPS) is 12.8. The summed E-state index contributed by atoms with van der Waals surface area (Å²) in [7, 11) is 0. The Bertz CT molecular complexity index is 2220. The zero-order valence-electron chi connectivity index (χ0n) is 19.9. The van der Waals surface area contributed by atoms with Crippen LogP contribution in [0.5, 0.6) is 0 Å². The van der Waals surface area contributed by atoms with Gasteiger partial charge in [-0.15, -0.1) is 0 Å². The summed E-state index contributed by atoms with van der Waals surface area (Å²) in [5, 5.41) is 6.10. The van der Waals surface area contributed by atoms with Gasteiger partial charge in [0.2, 0.25) is 0 Å². The second-order valence-electron chi connectivity index (χ2n) is 9.93. The van der Waals surface area contributed by atoms with Crippen molar-refractivity contribution in [3.8, 4) is 16.8 Å². The number of pyridine rings is 2. The zero-order valence-corrected chi connectivity index (χ0v) is 19.9. The first kappa shape index (κ1) is 19.3. The van der Waals surface area contributed by atoms with Crippen LogP contribution < -0.4 is 0 Å². The maximum atomic E-state index is 4.74. The van der Waals surface area contributed by atoms with Gasteiger partial charge in [-0.3, -0.25) is 9.38 Å². The maximum Gasteiger partial charge on any atom is 0.145 e. The van der Waals surface area contributed by atoms with E-state index in [-0.39, 0.29) is 0 Å². The molecule has 4 nitrogen and oxygen atoms in total. The number of benzene rings is 4. The van der Waals surface area contributed by atoms with E-state index in [0.29, 0.717) is 0 Å². The number of hydrogen-bond donors (Lipinski definition) is 0. The molecule has 9 rings (SSSR count). The molecule has 4 aromatic heterocycles. The molecule has 0 amide bonds. The highest BCUT2D eigenvalue weighted by Gasteiger charge is 2.26. The molecule has 0 aliphatic heterocycles. The Morgan fingerprint density at radius 2 is 1.54 bits per heavy atom. The molecule has 0 unspecified atom stereocenters.